The van der Waals surface area contributed by atoms with Crippen molar-refractivity contribution in [2.45, 2.75) is 31.6 Å². The largest absolute Gasteiger partial charge is 0.478 e. The Kier molecular flexibility index (Phi) is 3.34. The minimum absolute atomic E-state index is 0.541. The molecule has 0 radical (unpaired) electrons. The zero-order valence-electron chi connectivity index (χ0n) is 9.10. The summed E-state index contributed by atoms with van der Waals surface area (Å²) in [5.41, 5.74) is 2.34. The quantitative estimate of drug-likeness (QED) is 0.775. The van der Waals surface area contributed by atoms with Crippen LogP contribution in [-0.2, 0) is 4.79 Å². The van der Waals surface area contributed by atoms with E-state index in [1.807, 2.05) is 12.3 Å². The van der Waals surface area contributed by atoms with Gasteiger partial charge in [-0.05, 0) is 43.2 Å². The van der Waals surface area contributed by atoms with E-state index in [0.29, 0.717) is 5.92 Å². The number of rotatable bonds is 2. The Bertz CT molecular complexity index is 388. The number of aliphatic carboxylic acids is 1. The lowest BCUT2D eigenvalue weighted by atomic mass is 9.82. The maximum atomic E-state index is 10.5. The lowest BCUT2D eigenvalue weighted by Gasteiger charge is -2.23. The van der Waals surface area contributed by atoms with Gasteiger partial charge in [0, 0.05) is 18.5 Å². The summed E-state index contributed by atoms with van der Waals surface area (Å²) in [6.45, 7) is 0. The monoisotopic (exact) mass is 217 g/mol. The number of nitrogens with zero attached hydrogens (tertiary/aromatic N) is 1. The summed E-state index contributed by atoms with van der Waals surface area (Å²) in [6.07, 6.45) is 8.91. The Morgan fingerprint density at radius 1 is 1.44 bits per heavy atom. The van der Waals surface area contributed by atoms with Crippen molar-refractivity contribution < 1.29 is 9.90 Å². The first-order valence-electron chi connectivity index (χ1n) is 5.58. The van der Waals surface area contributed by atoms with Crippen LogP contribution in [0.25, 0.3) is 0 Å². The predicted molar refractivity (Wildman–Crippen MR) is 61.2 cm³/mol. The van der Waals surface area contributed by atoms with E-state index in [1.54, 1.807) is 6.20 Å². The second-order valence-electron chi connectivity index (χ2n) is 4.20. The van der Waals surface area contributed by atoms with Crippen LogP contribution in [0, 0.1) is 0 Å². The Hall–Kier alpha value is -1.64. The highest BCUT2D eigenvalue weighted by atomic mass is 16.4. The van der Waals surface area contributed by atoms with Crippen LogP contribution in [0.1, 0.15) is 37.2 Å². The molecule has 0 atom stereocenters. The highest BCUT2D eigenvalue weighted by Crippen LogP contribution is 2.34. The molecule has 1 N–H and O–H groups in total. The molecule has 0 saturated heterocycles. The van der Waals surface area contributed by atoms with Crippen LogP contribution >= 0.6 is 0 Å². The molecule has 0 unspecified atom stereocenters. The molecule has 16 heavy (non-hydrogen) atoms. The first-order chi connectivity index (χ1) is 7.75. The normalized spacial score (nSPS) is 20.5. The molecule has 0 bridgehead atoms. The Morgan fingerprint density at radius 3 is 2.75 bits per heavy atom. The molecule has 1 fully saturated rings. The Morgan fingerprint density at radius 2 is 2.19 bits per heavy atom. The second kappa shape index (κ2) is 4.92. The van der Waals surface area contributed by atoms with Gasteiger partial charge in [0.2, 0.25) is 0 Å². The average Bonchev–Trinajstić information content (AvgIpc) is 2.30. The second-order valence-corrected chi connectivity index (χ2v) is 4.20. The summed E-state index contributed by atoms with van der Waals surface area (Å²) in [7, 11) is 0. The van der Waals surface area contributed by atoms with E-state index < -0.39 is 5.97 Å². The van der Waals surface area contributed by atoms with Crippen molar-refractivity contribution >= 4 is 5.97 Å². The Labute approximate surface area is 94.8 Å². The lowest BCUT2D eigenvalue weighted by molar-refractivity contribution is -0.131. The van der Waals surface area contributed by atoms with Crippen LogP contribution in [0.3, 0.4) is 0 Å². The topological polar surface area (TPSA) is 50.2 Å². The number of carbonyl (C=O) groups is 1. The first kappa shape index (κ1) is 10.9. The summed E-state index contributed by atoms with van der Waals surface area (Å²) < 4.78 is 0. The van der Waals surface area contributed by atoms with Crippen molar-refractivity contribution in [1.29, 1.82) is 0 Å². The molecular formula is C13H15NO2. The fourth-order valence-corrected chi connectivity index (χ4v) is 2.26. The zero-order chi connectivity index (χ0) is 11.4. The van der Waals surface area contributed by atoms with E-state index in [4.69, 9.17) is 5.11 Å². The van der Waals surface area contributed by atoms with Crippen molar-refractivity contribution in [3.05, 3.63) is 41.7 Å². The number of aromatic nitrogens is 1. The molecule has 3 heteroatoms. The number of carboxylic acids is 1. The molecule has 0 amide bonds. The van der Waals surface area contributed by atoms with Crippen molar-refractivity contribution in [3.8, 4) is 0 Å². The minimum Gasteiger partial charge on any atom is -0.478 e. The van der Waals surface area contributed by atoms with Crippen LogP contribution in [0.5, 0.6) is 0 Å². The van der Waals surface area contributed by atoms with E-state index in [1.165, 1.54) is 11.6 Å². The van der Waals surface area contributed by atoms with Crippen LogP contribution < -0.4 is 0 Å². The molecule has 1 aromatic heterocycles. The van der Waals surface area contributed by atoms with Gasteiger partial charge < -0.3 is 5.11 Å². The smallest absolute Gasteiger partial charge is 0.328 e. The standard InChI is InChI=1S/C13H15NO2/c15-13(16)8-10-3-5-11(6-4-10)12-2-1-7-14-9-12/h1-2,7-9,11H,3-6H2,(H,15,16). The average molecular weight is 217 g/mol. The molecule has 1 aliphatic carbocycles. The summed E-state index contributed by atoms with van der Waals surface area (Å²) in [4.78, 5) is 14.7. The maximum absolute atomic E-state index is 10.5. The summed E-state index contributed by atoms with van der Waals surface area (Å²) >= 11 is 0. The summed E-state index contributed by atoms with van der Waals surface area (Å²) in [6, 6.07) is 4.06. The van der Waals surface area contributed by atoms with Crippen molar-refractivity contribution in [3.63, 3.8) is 0 Å². The molecule has 0 aliphatic heterocycles. The molecule has 3 nitrogen and oxygen atoms in total. The van der Waals surface area contributed by atoms with Gasteiger partial charge in [0.05, 0.1) is 0 Å². The third kappa shape index (κ3) is 2.69. The first-order valence-corrected chi connectivity index (χ1v) is 5.58. The van der Waals surface area contributed by atoms with Gasteiger partial charge in [-0.25, -0.2) is 4.79 Å². The van der Waals surface area contributed by atoms with Crippen LogP contribution in [0.15, 0.2) is 36.2 Å². The van der Waals surface area contributed by atoms with Crippen LogP contribution in [-0.4, -0.2) is 16.1 Å². The van der Waals surface area contributed by atoms with Crippen molar-refractivity contribution in [1.82, 2.24) is 4.98 Å². The van der Waals surface area contributed by atoms with Crippen LogP contribution in [0.4, 0.5) is 0 Å². The third-order valence-corrected chi connectivity index (χ3v) is 3.11. The highest BCUT2D eigenvalue weighted by Gasteiger charge is 2.18. The van der Waals surface area contributed by atoms with Gasteiger partial charge in [0.15, 0.2) is 0 Å². The van der Waals surface area contributed by atoms with Gasteiger partial charge in [0.1, 0.15) is 0 Å². The minimum atomic E-state index is -0.824. The fourth-order valence-electron chi connectivity index (χ4n) is 2.26. The molecule has 1 heterocycles. The summed E-state index contributed by atoms with van der Waals surface area (Å²) in [5.74, 6) is -0.283. The SMILES string of the molecule is O=C(O)C=C1CCC(c2cccnc2)CC1. The molecule has 0 spiro atoms. The molecule has 1 saturated carbocycles. The van der Waals surface area contributed by atoms with Gasteiger partial charge in [-0.2, -0.15) is 0 Å². The van der Waals surface area contributed by atoms with E-state index in [-0.39, 0.29) is 0 Å². The number of hydrogen-bond donors (Lipinski definition) is 1. The van der Waals surface area contributed by atoms with Crippen molar-refractivity contribution in [2.75, 3.05) is 0 Å². The maximum Gasteiger partial charge on any atom is 0.328 e. The van der Waals surface area contributed by atoms with Gasteiger partial charge in [0.25, 0.3) is 0 Å². The molecular weight excluding hydrogens is 202 g/mol. The molecule has 1 aliphatic rings. The fraction of sp³-hybridized carbons (Fsp3) is 0.385. The Balaban J connectivity index is 1.98. The predicted octanol–water partition coefficient (Wildman–Crippen LogP) is 2.75. The van der Waals surface area contributed by atoms with Crippen molar-refractivity contribution in [2.24, 2.45) is 0 Å². The van der Waals surface area contributed by atoms with E-state index in [0.717, 1.165) is 31.3 Å². The number of hydrogen-bond acceptors (Lipinski definition) is 2. The highest BCUT2D eigenvalue weighted by molar-refractivity contribution is 5.80. The van der Waals surface area contributed by atoms with Gasteiger partial charge in [-0.3, -0.25) is 4.98 Å². The summed E-state index contributed by atoms with van der Waals surface area (Å²) in [5, 5.41) is 8.66. The lowest BCUT2D eigenvalue weighted by Crippen LogP contribution is -2.08. The molecule has 84 valence electrons. The van der Waals surface area contributed by atoms with Gasteiger partial charge >= 0.3 is 5.97 Å². The molecule has 0 aromatic carbocycles. The number of carboxylic acid groups (broad SMARTS) is 1. The third-order valence-electron chi connectivity index (χ3n) is 3.11. The zero-order valence-corrected chi connectivity index (χ0v) is 9.10. The molecule has 2 rings (SSSR count). The molecule has 1 aromatic rings. The van der Waals surface area contributed by atoms with Gasteiger partial charge in [-0.1, -0.05) is 11.6 Å². The van der Waals surface area contributed by atoms with E-state index in [2.05, 4.69) is 11.1 Å². The van der Waals surface area contributed by atoms with E-state index >= 15 is 0 Å². The van der Waals surface area contributed by atoms with Gasteiger partial charge in [-0.15, -0.1) is 0 Å². The number of allylic oxidation sites excluding steroid dienone is 1. The van der Waals surface area contributed by atoms with E-state index in [9.17, 15) is 4.79 Å². The number of pyridine rings is 1. The van der Waals surface area contributed by atoms with Crippen LogP contribution in [0.2, 0.25) is 0 Å².